The van der Waals surface area contributed by atoms with Crippen molar-refractivity contribution in [3.8, 4) is 6.07 Å². The summed E-state index contributed by atoms with van der Waals surface area (Å²) in [5.74, 6) is -2.20. The Kier molecular flexibility index (Phi) is 2.92. The molecule has 0 saturated heterocycles. The summed E-state index contributed by atoms with van der Waals surface area (Å²) < 4.78 is 26.1. The van der Waals surface area contributed by atoms with Gasteiger partial charge in [-0.2, -0.15) is 5.26 Å². The highest BCUT2D eigenvalue weighted by molar-refractivity contribution is 5.96. The van der Waals surface area contributed by atoms with Crippen LogP contribution < -0.4 is 0 Å². The molecule has 1 aromatic carbocycles. The maximum Gasteiger partial charge on any atom is 0.165 e. The average molecular weight is 195 g/mol. The molecule has 0 spiro atoms. The van der Waals surface area contributed by atoms with E-state index in [4.69, 9.17) is 5.26 Å². The fourth-order valence-corrected chi connectivity index (χ4v) is 1.04. The van der Waals surface area contributed by atoms with E-state index in [1.54, 1.807) is 6.92 Å². The first kappa shape index (κ1) is 10.3. The Morgan fingerprint density at radius 3 is 2.57 bits per heavy atom. The van der Waals surface area contributed by atoms with E-state index in [9.17, 15) is 13.6 Å². The van der Waals surface area contributed by atoms with Gasteiger partial charge in [-0.05, 0) is 12.1 Å². The van der Waals surface area contributed by atoms with Crippen molar-refractivity contribution in [2.45, 2.75) is 13.3 Å². The summed E-state index contributed by atoms with van der Waals surface area (Å²) in [5, 5.41) is 8.39. The Balaban J connectivity index is 3.30. The van der Waals surface area contributed by atoms with E-state index in [1.807, 2.05) is 0 Å². The number of halogens is 2. The number of carbonyl (C=O) groups excluding carboxylic acids is 1. The van der Waals surface area contributed by atoms with Crippen LogP contribution in [0.1, 0.15) is 29.3 Å². The third-order valence-corrected chi connectivity index (χ3v) is 1.80. The molecule has 0 amide bonds. The van der Waals surface area contributed by atoms with Gasteiger partial charge >= 0.3 is 0 Å². The fraction of sp³-hybridized carbons (Fsp3) is 0.200. The summed E-state index contributed by atoms with van der Waals surface area (Å²) in [6, 6.07) is 2.99. The van der Waals surface area contributed by atoms with E-state index >= 15 is 0 Å². The lowest BCUT2D eigenvalue weighted by molar-refractivity contribution is 0.0984. The minimum atomic E-state index is -0.870. The fourth-order valence-electron chi connectivity index (χ4n) is 1.04. The SMILES string of the molecule is CCC(=O)c1cc(F)c(C#N)cc1F. The Hall–Kier alpha value is -1.76. The minimum Gasteiger partial charge on any atom is -0.294 e. The molecule has 2 nitrogen and oxygen atoms in total. The largest absolute Gasteiger partial charge is 0.294 e. The molecule has 1 aromatic rings. The van der Waals surface area contributed by atoms with Gasteiger partial charge in [0.2, 0.25) is 0 Å². The van der Waals surface area contributed by atoms with Gasteiger partial charge in [-0.1, -0.05) is 6.92 Å². The molecule has 0 aliphatic heterocycles. The lowest BCUT2D eigenvalue weighted by Crippen LogP contribution is -2.02. The first-order chi connectivity index (χ1) is 6.60. The Bertz CT molecular complexity index is 421. The van der Waals surface area contributed by atoms with Gasteiger partial charge in [-0.15, -0.1) is 0 Å². The standard InChI is InChI=1S/C10H7F2NO/c1-2-10(14)7-4-8(11)6(5-13)3-9(7)12/h3-4H,2H2,1H3. The summed E-state index contributed by atoms with van der Waals surface area (Å²) in [6.45, 7) is 1.55. The van der Waals surface area contributed by atoms with Gasteiger partial charge in [0.05, 0.1) is 11.1 Å². The van der Waals surface area contributed by atoms with Gasteiger partial charge < -0.3 is 0 Å². The van der Waals surface area contributed by atoms with Crippen LogP contribution >= 0.6 is 0 Å². The van der Waals surface area contributed by atoms with Gasteiger partial charge in [-0.3, -0.25) is 4.79 Å². The van der Waals surface area contributed by atoms with Crippen molar-refractivity contribution in [3.63, 3.8) is 0 Å². The van der Waals surface area contributed by atoms with Crippen LogP contribution in [-0.4, -0.2) is 5.78 Å². The molecule has 4 heteroatoms. The van der Waals surface area contributed by atoms with Crippen molar-refractivity contribution in [2.75, 3.05) is 0 Å². The number of nitrogens with zero attached hydrogens (tertiary/aromatic N) is 1. The lowest BCUT2D eigenvalue weighted by atomic mass is 10.1. The predicted octanol–water partition coefficient (Wildman–Crippen LogP) is 2.43. The molecule has 0 unspecified atom stereocenters. The second kappa shape index (κ2) is 3.97. The van der Waals surface area contributed by atoms with Crippen molar-refractivity contribution < 1.29 is 13.6 Å². The maximum atomic E-state index is 13.1. The molecular weight excluding hydrogens is 188 g/mol. The number of benzene rings is 1. The smallest absolute Gasteiger partial charge is 0.165 e. The van der Waals surface area contributed by atoms with Crippen LogP contribution in [0.2, 0.25) is 0 Å². The van der Waals surface area contributed by atoms with Gasteiger partial charge in [0.25, 0.3) is 0 Å². The number of carbonyl (C=O) groups is 1. The van der Waals surface area contributed by atoms with Gasteiger partial charge in [-0.25, -0.2) is 8.78 Å². The number of hydrogen-bond donors (Lipinski definition) is 0. The van der Waals surface area contributed by atoms with E-state index in [2.05, 4.69) is 0 Å². The highest BCUT2D eigenvalue weighted by Gasteiger charge is 2.14. The number of nitriles is 1. The number of ketones is 1. The van der Waals surface area contributed by atoms with E-state index in [1.165, 1.54) is 6.07 Å². The zero-order valence-electron chi connectivity index (χ0n) is 7.47. The molecule has 0 aliphatic carbocycles. The summed E-state index contributed by atoms with van der Waals surface area (Å²) in [7, 11) is 0. The predicted molar refractivity (Wildman–Crippen MR) is 45.7 cm³/mol. The zero-order chi connectivity index (χ0) is 10.7. The first-order valence-electron chi connectivity index (χ1n) is 4.02. The van der Waals surface area contributed by atoms with Crippen molar-refractivity contribution in [1.82, 2.24) is 0 Å². The molecule has 0 N–H and O–H groups in total. The number of rotatable bonds is 2. The van der Waals surface area contributed by atoms with Crippen molar-refractivity contribution >= 4 is 5.78 Å². The monoisotopic (exact) mass is 195 g/mol. The Morgan fingerprint density at radius 1 is 1.43 bits per heavy atom. The molecular formula is C10H7F2NO. The Morgan fingerprint density at radius 2 is 2.07 bits per heavy atom. The quantitative estimate of drug-likeness (QED) is 0.680. The average Bonchev–Trinajstić information content (AvgIpc) is 2.19. The molecule has 0 bridgehead atoms. The third kappa shape index (κ3) is 1.77. The van der Waals surface area contributed by atoms with Gasteiger partial charge in [0.15, 0.2) is 5.78 Å². The molecule has 0 aliphatic rings. The van der Waals surface area contributed by atoms with Gasteiger partial charge in [0.1, 0.15) is 17.7 Å². The topological polar surface area (TPSA) is 40.9 Å². The first-order valence-corrected chi connectivity index (χ1v) is 4.02. The maximum absolute atomic E-state index is 13.1. The van der Waals surface area contributed by atoms with Crippen LogP contribution in [0.3, 0.4) is 0 Å². The van der Waals surface area contributed by atoms with Gasteiger partial charge in [0, 0.05) is 6.42 Å². The van der Waals surface area contributed by atoms with Crippen LogP contribution in [0.5, 0.6) is 0 Å². The van der Waals surface area contributed by atoms with Crippen molar-refractivity contribution in [2.24, 2.45) is 0 Å². The highest BCUT2D eigenvalue weighted by atomic mass is 19.1. The van der Waals surface area contributed by atoms with Crippen LogP contribution in [0.25, 0.3) is 0 Å². The molecule has 0 aromatic heterocycles. The molecule has 14 heavy (non-hydrogen) atoms. The molecule has 0 atom stereocenters. The molecule has 72 valence electrons. The number of Topliss-reactive ketones (excluding diaryl/α,β-unsaturated/α-hetero) is 1. The van der Waals surface area contributed by atoms with E-state index in [0.717, 1.165) is 12.1 Å². The normalized spacial score (nSPS) is 9.57. The second-order valence-corrected chi connectivity index (χ2v) is 2.70. The van der Waals surface area contributed by atoms with E-state index in [0.29, 0.717) is 0 Å². The van der Waals surface area contributed by atoms with E-state index in [-0.39, 0.29) is 12.0 Å². The number of hydrogen-bond acceptors (Lipinski definition) is 2. The summed E-state index contributed by atoms with van der Waals surface area (Å²) in [5.41, 5.74) is -0.695. The zero-order valence-corrected chi connectivity index (χ0v) is 7.47. The second-order valence-electron chi connectivity index (χ2n) is 2.70. The summed E-state index contributed by atoms with van der Waals surface area (Å²) in [6.07, 6.45) is 0.0995. The van der Waals surface area contributed by atoms with Crippen molar-refractivity contribution in [3.05, 3.63) is 34.9 Å². The van der Waals surface area contributed by atoms with Crippen LogP contribution in [-0.2, 0) is 0 Å². The molecule has 0 heterocycles. The molecule has 0 fully saturated rings. The van der Waals surface area contributed by atoms with Crippen LogP contribution in [0, 0.1) is 23.0 Å². The van der Waals surface area contributed by atoms with Crippen molar-refractivity contribution in [1.29, 1.82) is 5.26 Å². The lowest BCUT2D eigenvalue weighted by Gasteiger charge is -2.01. The summed E-state index contributed by atoms with van der Waals surface area (Å²) in [4.78, 5) is 11.1. The van der Waals surface area contributed by atoms with E-state index < -0.39 is 23.0 Å². The minimum absolute atomic E-state index is 0.0995. The molecule has 0 radical (unpaired) electrons. The Labute approximate surface area is 79.8 Å². The highest BCUT2D eigenvalue weighted by Crippen LogP contribution is 2.15. The molecule has 0 saturated carbocycles. The third-order valence-electron chi connectivity index (χ3n) is 1.80. The van der Waals surface area contributed by atoms with Crippen LogP contribution in [0.4, 0.5) is 8.78 Å². The van der Waals surface area contributed by atoms with Crippen LogP contribution in [0.15, 0.2) is 12.1 Å². The summed E-state index contributed by atoms with van der Waals surface area (Å²) >= 11 is 0. The molecule has 1 rings (SSSR count).